The molecule has 4 rings (SSSR count). The zero-order valence-electron chi connectivity index (χ0n) is 26.3. The first-order valence-electron chi connectivity index (χ1n) is 14.9. The average molecular weight is 676 g/mol. The summed E-state index contributed by atoms with van der Waals surface area (Å²) in [7, 11) is 3.75. The van der Waals surface area contributed by atoms with E-state index in [0.717, 1.165) is 26.2 Å². The van der Waals surface area contributed by atoms with Crippen molar-refractivity contribution >= 4 is 54.0 Å². The Kier molecular flexibility index (Phi) is 16.2. The normalized spacial score (nSPS) is 12.6. The summed E-state index contributed by atoms with van der Waals surface area (Å²) in [5.41, 5.74) is 7.59. The van der Waals surface area contributed by atoms with Crippen LogP contribution in [-0.4, -0.2) is 94.2 Å². The van der Waals surface area contributed by atoms with Gasteiger partial charge in [0, 0.05) is 51.0 Å². The van der Waals surface area contributed by atoms with Gasteiger partial charge in [-0.25, -0.2) is 4.79 Å². The van der Waals surface area contributed by atoms with Gasteiger partial charge in [-0.3, -0.25) is 9.59 Å². The number of hydrogen-bond donors (Lipinski definition) is 3. The molecule has 0 unspecified atom stereocenters. The molecule has 13 heteroatoms. The molecule has 0 aromatic heterocycles. The van der Waals surface area contributed by atoms with Gasteiger partial charge in [0.15, 0.2) is 0 Å². The number of likely N-dealkylation sites (N-methyl/N-ethyl adjacent to an activating group) is 1. The van der Waals surface area contributed by atoms with Crippen LogP contribution in [0.2, 0.25) is 0 Å². The van der Waals surface area contributed by atoms with Crippen LogP contribution >= 0.6 is 24.8 Å². The Morgan fingerprint density at radius 1 is 0.826 bits per heavy atom. The van der Waals surface area contributed by atoms with E-state index in [-0.39, 0.29) is 42.7 Å². The van der Waals surface area contributed by atoms with Gasteiger partial charge in [0.1, 0.15) is 11.5 Å². The van der Waals surface area contributed by atoms with Crippen molar-refractivity contribution in [3.63, 3.8) is 0 Å². The molecular formula is C33H44Cl2N6O5. The number of benzene rings is 3. The number of carbonyl (C=O) groups is 3. The van der Waals surface area contributed by atoms with Crippen LogP contribution in [0.15, 0.2) is 72.8 Å². The molecule has 0 saturated carbocycles. The van der Waals surface area contributed by atoms with Crippen LogP contribution in [-0.2, 0) is 0 Å². The van der Waals surface area contributed by atoms with Gasteiger partial charge >= 0.3 is 6.03 Å². The van der Waals surface area contributed by atoms with E-state index in [4.69, 9.17) is 15.2 Å². The first kappa shape index (κ1) is 38.2. The molecule has 4 amide bonds. The molecule has 46 heavy (non-hydrogen) atoms. The van der Waals surface area contributed by atoms with Crippen molar-refractivity contribution in [3.8, 4) is 11.5 Å². The van der Waals surface area contributed by atoms with Crippen molar-refractivity contribution in [2.24, 2.45) is 5.73 Å². The second-order valence-corrected chi connectivity index (χ2v) is 10.6. The minimum atomic E-state index is -0.311. The Balaban J connectivity index is 0.00000368. The smallest absolute Gasteiger partial charge is 0.317 e. The van der Waals surface area contributed by atoms with Crippen LogP contribution in [0, 0.1) is 0 Å². The standard InChI is InChI=1S/C33H42N6O5.2ClH/c1-37-19-21-39(22-20-37)33(42)35-18-8-24-44-30-12-6-4-10-28(30)38(2)32(41)25-13-15-26(16-14-25)36-31(40)27-9-3-5-11-29(27)43-23-7-17-34;;/h3-6,9-16H,7-8,17-24,34H2,1-2H3,(H,35,42)(H,36,40);2*1H. The van der Waals surface area contributed by atoms with E-state index in [0.29, 0.717) is 73.1 Å². The minimum Gasteiger partial charge on any atom is -0.493 e. The molecule has 0 spiro atoms. The molecule has 0 aliphatic carbocycles. The molecule has 4 N–H and O–H groups in total. The molecule has 3 aromatic rings. The van der Waals surface area contributed by atoms with Gasteiger partial charge in [-0.1, -0.05) is 24.3 Å². The molecular weight excluding hydrogens is 631 g/mol. The van der Waals surface area contributed by atoms with E-state index in [1.54, 1.807) is 49.5 Å². The molecule has 1 fully saturated rings. The van der Waals surface area contributed by atoms with Gasteiger partial charge in [0.2, 0.25) is 0 Å². The molecule has 1 aliphatic rings. The van der Waals surface area contributed by atoms with E-state index in [9.17, 15) is 14.4 Å². The highest BCUT2D eigenvalue weighted by atomic mass is 35.5. The summed E-state index contributed by atoms with van der Waals surface area (Å²) in [6.07, 6.45) is 1.32. The highest BCUT2D eigenvalue weighted by molar-refractivity contribution is 6.08. The van der Waals surface area contributed by atoms with Gasteiger partial charge in [-0.15, -0.1) is 24.8 Å². The fraction of sp³-hybridized carbons (Fsp3) is 0.364. The molecule has 1 saturated heterocycles. The number of nitrogens with one attached hydrogen (secondary N) is 2. The van der Waals surface area contributed by atoms with E-state index >= 15 is 0 Å². The van der Waals surface area contributed by atoms with Gasteiger partial charge < -0.3 is 40.5 Å². The summed E-state index contributed by atoms with van der Waals surface area (Å²) in [4.78, 5) is 44.2. The Morgan fingerprint density at radius 3 is 2.13 bits per heavy atom. The summed E-state index contributed by atoms with van der Waals surface area (Å²) in [5.74, 6) is 0.527. The number of piperazine rings is 1. The fourth-order valence-electron chi connectivity index (χ4n) is 4.67. The molecule has 0 bridgehead atoms. The second kappa shape index (κ2) is 19.5. The number of ether oxygens (including phenoxy) is 2. The van der Waals surface area contributed by atoms with E-state index in [1.165, 1.54) is 4.90 Å². The highest BCUT2D eigenvalue weighted by Gasteiger charge is 2.20. The summed E-state index contributed by atoms with van der Waals surface area (Å²) >= 11 is 0. The fourth-order valence-corrected chi connectivity index (χ4v) is 4.67. The molecule has 11 nitrogen and oxygen atoms in total. The van der Waals surface area contributed by atoms with Crippen molar-refractivity contribution in [1.29, 1.82) is 0 Å². The van der Waals surface area contributed by atoms with Gasteiger partial charge in [-0.2, -0.15) is 0 Å². The number of para-hydroxylation sites is 3. The van der Waals surface area contributed by atoms with Crippen LogP contribution in [0.3, 0.4) is 0 Å². The predicted octanol–water partition coefficient (Wildman–Crippen LogP) is 4.51. The van der Waals surface area contributed by atoms with Crippen molar-refractivity contribution in [3.05, 3.63) is 83.9 Å². The molecule has 1 aliphatic heterocycles. The third-order valence-electron chi connectivity index (χ3n) is 7.30. The number of hydrogen-bond acceptors (Lipinski definition) is 7. The topological polar surface area (TPSA) is 129 Å². The van der Waals surface area contributed by atoms with Crippen LogP contribution in [0.1, 0.15) is 33.6 Å². The van der Waals surface area contributed by atoms with Crippen LogP contribution in [0.4, 0.5) is 16.2 Å². The third kappa shape index (κ3) is 10.8. The minimum absolute atomic E-state index is 0. The Bertz CT molecular complexity index is 1400. The van der Waals surface area contributed by atoms with Gasteiger partial charge in [0.05, 0.1) is 24.5 Å². The summed E-state index contributed by atoms with van der Waals surface area (Å²) in [5, 5.41) is 5.82. The maximum Gasteiger partial charge on any atom is 0.317 e. The zero-order chi connectivity index (χ0) is 31.3. The Morgan fingerprint density at radius 2 is 1.43 bits per heavy atom. The number of nitrogens with two attached hydrogens (primary N) is 1. The monoisotopic (exact) mass is 674 g/mol. The van der Waals surface area contributed by atoms with Crippen molar-refractivity contribution < 1.29 is 23.9 Å². The van der Waals surface area contributed by atoms with E-state index in [2.05, 4.69) is 22.6 Å². The number of urea groups is 1. The van der Waals surface area contributed by atoms with Crippen LogP contribution < -0.4 is 30.7 Å². The summed E-state index contributed by atoms with van der Waals surface area (Å²) in [6, 6.07) is 21.0. The lowest BCUT2D eigenvalue weighted by Crippen LogP contribution is -2.50. The zero-order valence-corrected chi connectivity index (χ0v) is 27.9. The number of nitrogens with zero attached hydrogens (tertiary/aromatic N) is 3. The average Bonchev–Trinajstić information content (AvgIpc) is 3.05. The van der Waals surface area contributed by atoms with Gasteiger partial charge in [-0.05, 0) is 75.0 Å². The Hall–Kier alpha value is -4.03. The number of amides is 4. The Labute approximate surface area is 283 Å². The number of anilines is 2. The highest BCUT2D eigenvalue weighted by Crippen LogP contribution is 2.29. The third-order valence-corrected chi connectivity index (χ3v) is 7.30. The molecule has 3 aromatic carbocycles. The summed E-state index contributed by atoms with van der Waals surface area (Å²) < 4.78 is 11.7. The maximum atomic E-state index is 13.3. The van der Waals surface area contributed by atoms with Crippen LogP contribution in [0.5, 0.6) is 11.5 Å². The number of halogens is 2. The number of rotatable bonds is 13. The van der Waals surface area contributed by atoms with E-state index < -0.39 is 0 Å². The summed E-state index contributed by atoms with van der Waals surface area (Å²) in [6.45, 7) is 5.02. The lowest BCUT2D eigenvalue weighted by Gasteiger charge is -2.32. The number of carbonyl (C=O) groups excluding carboxylic acids is 3. The first-order valence-corrected chi connectivity index (χ1v) is 14.9. The second-order valence-electron chi connectivity index (χ2n) is 10.6. The first-order chi connectivity index (χ1) is 21.4. The maximum absolute atomic E-state index is 13.3. The lowest BCUT2D eigenvalue weighted by molar-refractivity contribution is 0.0990. The lowest BCUT2D eigenvalue weighted by atomic mass is 10.1. The van der Waals surface area contributed by atoms with Crippen molar-refractivity contribution in [2.45, 2.75) is 12.8 Å². The molecule has 1 heterocycles. The predicted molar refractivity (Wildman–Crippen MR) is 186 cm³/mol. The van der Waals surface area contributed by atoms with Gasteiger partial charge in [0.25, 0.3) is 11.8 Å². The van der Waals surface area contributed by atoms with E-state index in [1.807, 2.05) is 35.2 Å². The largest absolute Gasteiger partial charge is 0.493 e. The molecule has 0 radical (unpaired) electrons. The molecule has 250 valence electrons. The molecule has 0 atom stereocenters. The van der Waals surface area contributed by atoms with Crippen molar-refractivity contribution in [2.75, 3.05) is 76.8 Å². The van der Waals surface area contributed by atoms with Crippen molar-refractivity contribution in [1.82, 2.24) is 15.1 Å². The van der Waals surface area contributed by atoms with Crippen LogP contribution in [0.25, 0.3) is 0 Å². The quantitative estimate of drug-likeness (QED) is 0.228. The SMILES string of the molecule is CN1CCN(C(=O)NCCCOc2ccccc2N(C)C(=O)c2ccc(NC(=O)c3ccccc3OCCCN)cc2)CC1.Cl.Cl.